The third-order valence-corrected chi connectivity index (χ3v) is 5.40. The number of aromatic nitrogens is 4. The Hall–Kier alpha value is -2.88. The Morgan fingerprint density at radius 2 is 2.06 bits per heavy atom. The molecule has 1 N–H and O–H groups in total. The molecule has 0 saturated heterocycles. The molecule has 0 aliphatic heterocycles. The number of anilines is 1. The third kappa shape index (κ3) is 4.73. The zero-order chi connectivity index (χ0) is 22.3. The first-order valence-corrected chi connectivity index (χ1v) is 9.93. The van der Waals surface area contributed by atoms with Gasteiger partial charge in [0.15, 0.2) is 5.69 Å². The summed E-state index contributed by atoms with van der Waals surface area (Å²) in [4.78, 5) is 12.7. The van der Waals surface area contributed by atoms with Crippen molar-refractivity contribution in [3.63, 3.8) is 0 Å². The minimum atomic E-state index is -4.58. The predicted octanol–water partition coefficient (Wildman–Crippen LogP) is 5.02. The van der Waals surface area contributed by atoms with Crippen LogP contribution in [-0.2, 0) is 17.5 Å². The normalized spacial score (nSPS) is 15.2. The van der Waals surface area contributed by atoms with Crippen LogP contribution in [0.25, 0.3) is 0 Å². The van der Waals surface area contributed by atoms with Gasteiger partial charge in [-0.15, -0.1) is 0 Å². The Labute approximate surface area is 179 Å². The fraction of sp³-hybridized carbons (Fsp3) is 0.350. The molecule has 11 heteroatoms. The van der Waals surface area contributed by atoms with E-state index in [1.807, 2.05) is 0 Å². The molecule has 1 fully saturated rings. The molecule has 6 nitrogen and oxygen atoms in total. The van der Waals surface area contributed by atoms with Crippen LogP contribution in [-0.4, -0.2) is 25.5 Å². The van der Waals surface area contributed by atoms with Crippen molar-refractivity contribution < 1.29 is 22.4 Å². The number of hydrogen-bond acceptors (Lipinski definition) is 3. The Balaban J connectivity index is 1.47. The van der Waals surface area contributed by atoms with Gasteiger partial charge < -0.3 is 5.32 Å². The Bertz CT molecular complexity index is 1120. The highest BCUT2D eigenvalue weighted by Crippen LogP contribution is 2.43. The highest BCUT2D eigenvalue weighted by Gasteiger charge is 2.39. The van der Waals surface area contributed by atoms with E-state index in [-0.39, 0.29) is 17.5 Å². The van der Waals surface area contributed by atoms with E-state index < -0.39 is 29.6 Å². The van der Waals surface area contributed by atoms with Gasteiger partial charge in [-0.3, -0.25) is 14.2 Å². The van der Waals surface area contributed by atoms with Gasteiger partial charge in [0.05, 0.1) is 18.4 Å². The molecule has 0 radical (unpaired) electrons. The van der Waals surface area contributed by atoms with E-state index in [0.29, 0.717) is 16.9 Å². The first-order valence-electron chi connectivity index (χ1n) is 9.55. The van der Waals surface area contributed by atoms with Gasteiger partial charge in [0, 0.05) is 22.8 Å². The van der Waals surface area contributed by atoms with Gasteiger partial charge in [0.25, 0.3) is 0 Å². The molecule has 1 aromatic carbocycles. The first kappa shape index (κ1) is 21.4. The summed E-state index contributed by atoms with van der Waals surface area (Å²) < 4.78 is 55.1. The summed E-state index contributed by atoms with van der Waals surface area (Å²) in [7, 11) is 0. The lowest BCUT2D eigenvalue weighted by Gasteiger charge is -2.15. The highest BCUT2D eigenvalue weighted by atomic mass is 35.5. The van der Waals surface area contributed by atoms with E-state index in [0.717, 1.165) is 23.6 Å². The number of alkyl halides is 3. The molecule has 4 rings (SSSR count). The van der Waals surface area contributed by atoms with Crippen molar-refractivity contribution in [2.45, 2.75) is 44.4 Å². The van der Waals surface area contributed by atoms with Gasteiger partial charge in [-0.25, -0.2) is 4.39 Å². The van der Waals surface area contributed by atoms with Gasteiger partial charge >= 0.3 is 6.18 Å². The lowest BCUT2D eigenvalue weighted by atomic mass is 10.2. The fourth-order valence-electron chi connectivity index (χ4n) is 3.24. The van der Waals surface area contributed by atoms with Crippen molar-refractivity contribution in [2.24, 2.45) is 0 Å². The molecule has 1 aliphatic rings. The first-order chi connectivity index (χ1) is 14.6. The van der Waals surface area contributed by atoms with Gasteiger partial charge in [0.2, 0.25) is 5.91 Å². The number of hydrogen-bond donors (Lipinski definition) is 1. The van der Waals surface area contributed by atoms with E-state index in [4.69, 9.17) is 11.6 Å². The second-order valence-corrected chi connectivity index (χ2v) is 7.91. The molecule has 1 unspecified atom stereocenters. The van der Waals surface area contributed by atoms with Crippen LogP contribution < -0.4 is 5.32 Å². The standard InChI is InChI=1S/C20H18ClF4N5O/c1-11(30-17(12-2-3-12)7-18(28-30)20(23,24)25)19(31)27-15-8-26-29(10-15)9-13-4-5-14(22)6-16(13)21/h4-8,10-12H,2-3,9H2,1H3,(H,27,31). The molecule has 31 heavy (non-hydrogen) atoms. The van der Waals surface area contributed by atoms with E-state index in [1.54, 1.807) is 6.20 Å². The van der Waals surface area contributed by atoms with Crippen molar-refractivity contribution >= 4 is 23.2 Å². The Kier molecular flexibility index (Phi) is 5.50. The third-order valence-electron chi connectivity index (χ3n) is 5.05. The van der Waals surface area contributed by atoms with E-state index in [1.165, 1.54) is 36.0 Å². The minimum Gasteiger partial charge on any atom is -0.322 e. The number of halogens is 5. The molecule has 164 valence electrons. The molecular weight excluding hydrogens is 438 g/mol. The predicted molar refractivity (Wildman–Crippen MR) is 105 cm³/mol. The highest BCUT2D eigenvalue weighted by molar-refractivity contribution is 6.31. The number of nitrogens with one attached hydrogen (secondary N) is 1. The van der Waals surface area contributed by atoms with Crippen LogP contribution in [0.15, 0.2) is 36.7 Å². The summed E-state index contributed by atoms with van der Waals surface area (Å²) in [6.45, 7) is 1.75. The lowest BCUT2D eigenvalue weighted by Crippen LogP contribution is -2.26. The molecule has 1 aliphatic carbocycles. The molecule has 0 spiro atoms. The SMILES string of the molecule is CC(C(=O)Nc1cnn(Cc2ccc(F)cc2Cl)c1)n1nc(C(F)(F)F)cc1C1CC1. The van der Waals surface area contributed by atoms with E-state index in [2.05, 4.69) is 15.5 Å². The van der Waals surface area contributed by atoms with Gasteiger partial charge in [-0.1, -0.05) is 17.7 Å². The molecule has 1 saturated carbocycles. The van der Waals surface area contributed by atoms with Crippen molar-refractivity contribution in [3.8, 4) is 0 Å². The zero-order valence-electron chi connectivity index (χ0n) is 16.3. The second kappa shape index (κ2) is 7.99. The van der Waals surface area contributed by atoms with Crippen molar-refractivity contribution in [2.75, 3.05) is 5.32 Å². The van der Waals surface area contributed by atoms with Crippen LogP contribution in [0.4, 0.5) is 23.2 Å². The van der Waals surface area contributed by atoms with Crippen LogP contribution in [0.5, 0.6) is 0 Å². The maximum atomic E-state index is 13.2. The number of rotatable bonds is 6. The average Bonchev–Trinajstić information content (AvgIpc) is 3.27. The molecule has 1 atom stereocenters. The quantitative estimate of drug-likeness (QED) is 0.531. The maximum Gasteiger partial charge on any atom is 0.435 e. The van der Waals surface area contributed by atoms with Crippen LogP contribution in [0.3, 0.4) is 0 Å². The summed E-state index contributed by atoms with van der Waals surface area (Å²) in [6.07, 6.45) is -0.0651. The van der Waals surface area contributed by atoms with Crippen LogP contribution >= 0.6 is 11.6 Å². The van der Waals surface area contributed by atoms with E-state index in [9.17, 15) is 22.4 Å². The Morgan fingerprint density at radius 1 is 1.32 bits per heavy atom. The second-order valence-electron chi connectivity index (χ2n) is 7.50. The summed E-state index contributed by atoms with van der Waals surface area (Å²) in [6, 6.07) is 4.09. The summed E-state index contributed by atoms with van der Waals surface area (Å²) in [5.74, 6) is -0.978. The number of carbonyl (C=O) groups is 1. The average molecular weight is 456 g/mol. The number of amides is 1. The monoisotopic (exact) mass is 455 g/mol. The van der Waals surface area contributed by atoms with Crippen LogP contribution in [0, 0.1) is 5.82 Å². The van der Waals surface area contributed by atoms with Gasteiger partial charge in [-0.2, -0.15) is 23.4 Å². The lowest BCUT2D eigenvalue weighted by molar-refractivity contribution is -0.141. The summed E-state index contributed by atoms with van der Waals surface area (Å²) in [5, 5.41) is 10.7. The van der Waals surface area contributed by atoms with Crippen molar-refractivity contribution in [1.29, 1.82) is 0 Å². The molecular formula is C20H18ClF4N5O. The minimum absolute atomic E-state index is 0.0120. The number of carbonyl (C=O) groups excluding carboxylic acids is 1. The number of benzene rings is 1. The maximum absolute atomic E-state index is 13.2. The molecule has 3 aromatic rings. The summed E-state index contributed by atoms with van der Waals surface area (Å²) >= 11 is 6.02. The van der Waals surface area contributed by atoms with E-state index >= 15 is 0 Å². The molecule has 2 heterocycles. The van der Waals surface area contributed by atoms with Crippen molar-refractivity contribution in [1.82, 2.24) is 19.6 Å². The van der Waals surface area contributed by atoms with Crippen LogP contribution in [0.2, 0.25) is 5.02 Å². The van der Waals surface area contributed by atoms with Crippen LogP contribution in [0.1, 0.15) is 48.7 Å². The largest absolute Gasteiger partial charge is 0.435 e. The molecule has 0 bridgehead atoms. The van der Waals surface area contributed by atoms with Gasteiger partial charge in [0.1, 0.15) is 11.9 Å². The van der Waals surface area contributed by atoms with Gasteiger partial charge in [-0.05, 0) is 43.5 Å². The zero-order valence-corrected chi connectivity index (χ0v) is 17.1. The fourth-order valence-corrected chi connectivity index (χ4v) is 3.47. The summed E-state index contributed by atoms with van der Waals surface area (Å²) in [5.41, 5.74) is 0.420. The smallest absolute Gasteiger partial charge is 0.322 e. The molecule has 2 aromatic heterocycles. The number of nitrogens with zero attached hydrogens (tertiary/aromatic N) is 4. The Morgan fingerprint density at radius 3 is 2.71 bits per heavy atom. The van der Waals surface area contributed by atoms with Crippen molar-refractivity contribution in [3.05, 3.63) is 64.5 Å². The topological polar surface area (TPSA) is 64.7 Å². The molecule has 1 amide bonds.